The van der Waals surface area contributed by atoms with Crippen LogP contribution >= 0.6 is 0 Å². The van der Waals surface area contributed by atoms with Gasteiger partial charge in [-0.2, -0.15) is 0 Å². The third kappa shape index (κ3) is 2.73. The number of aliphatic carboxylic acids is 1. The van der Waals surface area contributed by atoms with Crippen LogP contribution in [0.25, 0.3) is 5.57 Å². The van der Waals surface area contributed by atoms with Crippen LogP contribution in [-0.4, -0.2) is 11.1 Å². The number of carbonyl (C=O) groups is 1. The van der Waals surface area contributed by atoms with Crippen LogP contribution in [-0.2, 0) is 4.79 Å². The Morgan fingerprint density at radius 2 is 1.79 bits per heavy atom. The van der Waals surface area contributed by atoms with E-state index < -0.39 is 5.97 Å². The van der Waals surface area contributed by atoms with Crippen LogP contribution in [0.2, 0.25) is 0 Å². The first kappa shape index (κ1) is 10.5. The van der Waals surface area contributed by atoms with Crippen molar-refractivity contribution in [3.05, 3.63) is 41.5 Å². The first-order valence-corrected chi connectivity index (χ1v) is 4.55. The van der Waals surface area contributed by atoms with Crippen molar-refractivity contribution < 1.29 is 9.90 Å². The lowest BCUT2D eigenvalue weighted by atomic mass is 9.99. The SMILES string of the molecule is CC(C)=C(CC(=O)O)c1ccccc1. The van der Waals surface area contributed by atoms with E-state index in [0.717, 1.165) is 16.7 Å². The normalized spacial score (nSPS) is 9.57. The number of carboxylic acid groups (broad SMARTS) is 1. The third-order valence-electron chi connectivity index (χ3n) is 2.05. The van der Waals surface area contributed by atoms with Crippen LogP contribution in [0, 0.1) is 0 Å². The molecule has 0 radical (unpaired) electrons. The van der Waals surface area contributed by atoms with Crippen molar-refractivity contribution in [2.45, 2.75) is 20.3 Å². The van der Waals surface area contributed by atoms with Crippen molar-refractivity contribution in [2.24, 2.45) is 0 Å². The highest BCUT2D eigenvalue weighted by Gasteiger charge is 2.07. The molecule has 1 aromatic rings. The number of carboxylic acids is 1. The maximum absolute atomic E-state index is 10.7. The highest BCUT2D eigenvalue weighted by Crippen LogP contribution is 2.21. The molecule has 0 bridgehead atoms. The molecule has 1 aromatic carbocycles. The summed E-state index contributed by atoms with van der Waals surface area (Å²) in [6.07, 6.45) is 0.0896. The quantitative estimate of drug-likeness (QED) is 0.795. The maximum Gasteiger partial charge on any atom is 0.307 e. The molecule has 14 heavy (non-hydrogen) atoms. The topological polar surface area (TPSA) is 37.3 Å². The van der Waals surface area contributed by atoms with Gasteiger partial charge in [-0.15, -0.1) is 0 Å². The summed E-state index contributed by atoms with van der Waals surface area (Å²) < 4.78 is 0. The minimum absolute atomic E-state index is 0.0896. The summed E-state index contributed by atoms with van der Waals surface area (Å²) in [5, 5.41) is 8.76. The largest absolute Gasteiger partial charge is 0.481 e. The number of rotatable bonds is 3. The predicted molar refractivity (Wildman–Crippen MR) is 57.0 cm³/mol. The van der Waals surface area contributed by atoms with Gasteiger partial charge in [0.15, 0.2) is 0 Å². The third-order valence-corrected chi connectivity index (χ3v) is 2.05. The van der Waals surface area contributed by atoms with Gasteiger partial charge in [0.25, 0.3) is 0 Å². The van der Waals surface area contributed by atoms with Crippen LogP contribution in [0.1, 0.15) is 25.8 Å². The van der Waals surface area contributed by atoms with Gasteiger partial charge in [0.1, 0.15) is 0 Å². The second-order valence-corrected chi connectivity index (χ2v) is 3.42. The molecule has 2 heteroatoms. The summed E-state index contributed by atoms with van der Waals surface area (Å²) in [6.45, 7) is 3.87. The van der Waals surface area contributed by atoms with E-state index in [-0.39, 0.29) is 6.42 Å². The van der Waals surface area contributed by atoms with Crippen LogP contribution in [0.5, 0.6) is 0 Å². The van der Waals surface area contributed by atoms with Gasteiger partial charge in [-0.05, 0) is 25.0 Å². The van der Waals surface area contributed by atoms with Gasteiger partial charge < -0.3 is 5.11 Å². The number of benzene rings is 1. The Kier molecular flexibility index (Phi) is 3.46. The molecule has 0 aromatic heterocycles. The fraction of sp³-hybridized carbons (Fsp3) is 0.250. The average molecular weight is 190 g/mol. The fourth-order valence-electron chi connectivity index (χ4n) is 1.36. The van der Waals surface area contributed by atoms with Crippen molar-refractivity contribution in [3.8, 4) is 0 Å². The molecule has 0 fully saturated rings. The van der Waals surface area contributed by atoms with Gasteiger partial charge >= 0.3 is 5.97 Å². The first-order chi connectivity index (χ1) is 6.61. The Hall–Kier alpha value is -1.57. The molecule has 0 amide bonds. The van der Waals surface area contributed by atoms with Crippen molar-refractivity contribution in [2.75, 3.05) is 0 Å². The Bertz CT molecular complexity index is 346. The molecular weight excluding hydrogens is 176 g/mol. The molecule has 2 nitrogen and oxygen atoms in total. The van der Waals surface area contributed by atoms with Crippen molar-refractivity contribution in [3.63, 3.8) is 0 Å². The van der Waals surface area contributed by atoms with Crippen molar-refractivity contribution in [1.29, 1.82) is 0 Å². The summed E-state index contributed by atoms with van der Waals surface area (Å²) in [7, 11) is 0. The standard InChI is InChI=1S/C12H14O2/c1-9(2)11(8-12(13)14)10-6-4-3-5-7-10/h3-7H,8H2,1-2H3,(H,13,14). The minimum Gasteiger partial charge on any atom is -0.481 e. The van der Waals surface area contributed by atoms with Crippen molar-refractivity contribution in [1.82, 2.24) is 0 Å². The van der Waals surface area contributed by atoms with Gasteiger partial charge in [0.2, 0.25) is 0 Å². The lowest BCUT2D eigenvalue weighted by Crippen LogP contribution is -1.98. The molecule has 0 aliphatic rings. The van der Waals surface area contributed by atoms with E-state index in [1.54, 1.807) is 0 Å². The fourth-order valence-corrected chi connectivity index (χ4v) is 1.36. The Morgan fingerprint density at radius 1 is 1.21 bits per heavy atom. The first-order valence-electron chi connectivity index (χ1n) is 4.55. The van der Waals surface area contributed by atoms with Crippen molar-refractivity contribution >= 4 is 11.5 Å². The highest BCUT2D eigenvalue weighted by atomic mass is 16.4. The molecule has 0 atom stereocenters. The monoisotopic (exact) mass is 190 g/mol. The molecule has 0 spiro atoms. The summed E-state index contributed by atoms with van der Waals surface area (Å²) in [5.74, 6) is -0.787. The summed E-state index contributed by atoms with van der Waals surface area (Å²) in [6, 6.07) is 9.63. The van der Waals surface area contributed by atoms with E-state index in [1.807, 2.05) is 44.2 Å². The Morgan fingerprint density at radius 3 is 2.21 bits per heavy atom. The molecule has 0 saturated heterocycles. The molecular formula is C12H14O2. The zero-order chi connectivity index (χ0) is 10.6. The molecule has 1 rings (SSSR count). The summed E-state index contributed by atoms with van der Waals surface area (Å²) in [5.41, 5.74) is 2.95. The lowest BCUT2D eigenvalue weighted by Gasteiger charge is -2.07. The highest BCUT2D eigenvalue weighted by molar-refractivity contribution is 5.84. The van der Waals surface area contributed by atoms with Gasteiger partial charge in [0.05, 0.1) is 6.42 Å². The van der Waals surface area contributed by atoms with E-state index in [4.69, 9.17) is 5.11 Å². The minimum atomic E-state index is -0.787. The summed E-state index contributed by atoms with van der Waals surface area (Å²) in [4.78, 5) is 10.7. The second kappa shape index (κ2) is 4.61. The van der Waals surface area contributed by atoms with Gasteiger partial charge in [-0.3, -0.25) is 4.79 Å². The van der Waals surface area contributed by atoms with E-state index >= 15 is 0 Å². The van der Waals surface area contributed by atoms with E-state index in [2.05, 4.69) is 0 Å². The zero-order valence-corrected chi connectivity index (χ0v) is 8.45. The molecule has 0 heterocycles. The Labute approximate surface area is 83.9 Å². The molecule has 0 saturated carbocycles. The predicted octanol–water partition coefficient (Wildman–Crippen LogP) is 2.95. The molecule has 1 N–H and O–H groups in total. The molecule has 0 aliphatic heterocycles. The van der Waals surface area contributed by atoms with Gasteiger partial charge in [-0.1, -0.05) is 35.9 Å². The lowest BCUT2D eigenvalue weighted by molar-refractivity contribution is -0.135. The Balaban J connectivity index is 3.03. The van der Waals surface area contributed by atoms with Crippen LogP contribution in [0.15, 0.2) is 35.9 Å². The smallest absolute Gasteiger partial charge is 0.307 e. The molecule has 0 aliphatic carbocycles. The van der Waals surface area contributed by atoms with Gasteiger partial charge in [-0.25, -0.2) is 0 Å². The van der Waals surface area contributed by atoms with Crippen LogP contribution < -0.4 is 0 Å². The average Bonchev–Trinajstić information content (AvgIpc) is 2.15. The molecule has 0 unspecified atom stereocenters. The van der Waals surface area contributed by atoms with Crippen LogP contribution in [0.4, 0.5) is 0 Å². The number of allylic oxidation sites excluding steroid dienone is 1. The van der Waals surface area contributed by atoms with E-state index in [1.165, 1.54) is 0 Å². The zero-order valence-electron chi connectivity index (χ0n) is 8.45. The number of hydrogen-bond acceptors (Lipinski definition) is 1. The maximum atomic E-state index is 10.7. The van der Waals surface area contributed by atoms with Crippen LogP contribution in [0.3, 0.4) is 0 Å². The summed E-state index contributed by atoms with van der Waals surface area (Å²) >= 11 is 0. The second-order valence-electron chi connectivity index (χ2n) is 3.42. The van der Waals surface area contributed by atoms with Gasteiger partial charge in [0, 0.05) is 0 Å². The number of hydrogen-bond donors (Lipinski definition) is 1. The van der Waals surface area contributed by atoms with E-state index in [0.29, 0.717) is 0 Å². The molecule has 74 valence electrons. The van der Waals surface area contributed by atoms with E-state index in [9.17, 15) is 4.79 Å².